The average molecular weight is 717 g/mol. The number of aliphatic imine (C=N–C) groups is 1. The molecule has 0 aliphatic heterocycles. The smallest absolute Gasteiger partial charge is 0.175 e. The number of carbonyl (C=O) groups is 2. The van der Waals surface area contributed by atoms with E-state index in [0.717, 1.165) is 74.4 Å². The van der Waals surface area contributed by atoms with E-state index in [1.165, 1.54) is 0 Å². The molecule has 52 heavy (non-hydrogen) atoms. The molecule has 0 spiro atoms. The number of nitrogens with one attached hydrogen (secondary N) is 2. The van der Waals surface area contributed by atoms with Gasteiger partial charge in [-0.25, -0.2) is 0 Å². The normalized spacial score (nSPS) is 12.2. The third-order valence-corrected chi connectivity index (χ3v) is 9.10. The molecule has 6 aromatic carbocycles. The van der Waals surface area contributed by atoms with Crippen LogP contribution in [0.3, 0.4) is 0 Å². The first-order valence-corrected chi connectivity index (χ1v) is 17.7. The molecule has 0 atom stereocenters. The summed E-state index contributed by atoms with van der Waals surface area (Å²) in [4.78, 5) is 28.1. The Morgan fingerprint density at radius 1 is 0.577 bits per heavy atom. The van der Waals surface area contributed by atoms with Gasteiger partial charge in [0.25, 0.3) is 0 Å². The Morgan fingerprint density at radius 3 is 1.62 bits per heavy atom. The molecule has 6 nitrogen and oxygen atoms in total. The molecule has 0 bridgehead atoms. The summed E-state index contributed by atoms with van der Waals surface area (Å²) in [6.45, 7) is 0. The first-order chi connectivity index (χ1) is 25.4. The molecular weight excluding hydrogens is 681 g/mol. The van der Waals surface area contributed by atoms with Gasteiger partial charge in [-0.2, -0.15) is 4.99 Å². The Balaban J connectivity index is 0.000000152. The maximum absolute atomic E-state index is 12.5. The van der Waals surface area contributed by atoms with Crippen LogP contribution in [-0.4, -0.2) is 21.8 Å². The van der Waals surface area contributed by atoms with Crippen molar-refractivity contribution in [3.05, 3.63) is 168 Å². The number of carbonyl (C=O) groups excluding carboxylic acids is 2. The Labute approximate surface area is 314 Å². The van der Waals surface area contributed by atoms with Crippen molar-refractivity contribution in [1.29, 1.82) is 0 Å². The van der Waals surface area contributed by atoms with Gasteiger partial charge >= 0.3 is 0 Å². The van der Waals surface area contributed by atoms with E-state index in [1.807, 2.05) is 115 Å². The largest absolute Gasteiger partial charge is 0.398 e. The molecule has 0 saturated heterocycles. The molecule has 0 fully saturated rings. The van der Waals surface area contributed by atoms with Gasteiger partial charge in [-0.15, -0.1) is 0 Å². The van der Waals surface area contributed by atoms with Gasteiger partial charge in [0.2, 0.25) is 0 Å². The molecule has 0 radical (unpaired) electrons. The van der Waals surface area contributed by atoms with Crippen LogP contribution in [0.5, 0.6) is 0 Å². The number of Topliss-reactive ketones (excluding diaryl/α,β-unsaturated/α-hetero) is 2. The van der Waals surface area contributed by atoms with E-state index < -0.39 is 0 Å². The van der Waals surface area contributed by atoms with Crippen molar-refractivity contribution in [3.63, 3.8) is 0 Å². The minimum Gasteiger partial charge on any atom is -0.398 e. The monoisotopic (exact) mass is 716 g/mol. The fourth-order valence-electron chi connectivity index (χ4n) is 6.45. The van der Waals surface area contributed by atoms with Crippen molar-refractivity contribution in [3.8, 4) is 22.3 Å². The number of nitrogen functional groups attached to an aromatic ring is 1. The zero-order valence-corrected chi connectivity index (χ0v) is 30.0. The summed E-state index contributed by atoms with van der Waals surface area (Å²) in [7, 11) is 0. The third-order valence-electron chi connectivity index (χ3n) is 8.80. The lowest BCUT2D eigenvalue weighted by atomic mass is 9.95. The summed E-state index contributed by atoms with van der Waals surface area (Å²) < 4.78 is 0. The molecule has 0 heterocycles. The lowest BCUT2D eigenvalue weighted by Gasteiger charge is -2.15. The van der Waals surface area contributed by atoms with Gasteiger partial charge in [-0.05, 0) is 107 Å². The molecule has 4 N–H and O–H groups in total. The van der Waals surface area contributed by atoms with Crippen LogP contribution in [0.15, 0.2) is 151 Å². The number of nitrogens with zero attached hydrogens (tertiary/aromatic N) is 1. The quantitative estimate of drug-likeness (QED) is 0.0928. The van der Waals surface area contributed by atoms with Gasteiger partial charge < -0.3 is 16.4 Å². The average Bonchev–Trinajstić information content (AvgIpc) is 3.77. The van der Waals surface area contributed by atoms with Gasteiger partial charge in [0.1, 0.15) is 0 Å². The van der Waals surface area contributed by atoms with Crippen molar-refractivity contribution in [2.75, 3.05) is 16.4 Å². The number of nitrogens with two attached hydrogens (primary N) is 1. The number of fused-ring (bicyclic) bond motifs is 2. The Hall–Kier alpha value is -6.05. The van der Waals surface area contributed by atoms with Crippen molar-refractivity contribution < 1.29 is 9.59 Å². The fraction of sp³-hybridized carbons (Fsp3) is 0.0909. The first kappa shape index (κ1) is 35.8. The van der Waals surface area contributed by atoms with Crippen LogP contribution in [0.25, 0.3) is 22.3 Å². The molecular formula is C44H36N4O2S2. The van der Waals surface area contributed by atoms with Crippen LogP contribution in [0.4, 0.5) is 22.7 Å². The van der Waals surface area contributed by atoms with Crippen LogP contribution in [0, 0.1) is 0 Å². The number of para-hydroxylation sites is 2. The van der Waals surface area contributed by atoms with E-state index in [2.05, 4.69) is 63.3 Å². The minimum atomic E-state index is 0.169. The lowest BCUT2D eigenvalue weighted by Crippen LogP contribution is -2.20. The minimum absolute atomic E-state index is 0.169. The Kier molecular flexibility index (Phi) is 11.9. The molecule has 8 heteroatoms. The summed E-state index contributed by atoms with van der Waals surface area (Å²) in [5.74, 6) is 0.345. The molecule has 8 rings (SSSR count). The summed E-state index contributed by atoms with van der Waals surface area (Å²) in [5.41, 5.74) is 17.3. The molecule has 2 aliphatic rings. The Bertz CT molecular complexity index is 2260. The third kappa shape index (κ3) is 8.63. The van der Waals surface area contributed by atoms with Gasteiger partial charge in [0.05, 0.1) is 16.5 Å². The van der Waals surface area contributed by atoms with Crippen LogP contribution in [-0.2, 0) is 12.8 Å². The van der Waals surface area contributed by atoms with Crippen LogP contribution >= 0.6 is 24.4 Å². The second-order valence-corrected chi connectivity index (χ2v) is 12.7. The molecule has 6 aromatic rings. The molecule has 0 aromatic heterocycles. The van der Waals surface area contributed by atoms with Crippen LogP contribution in [0.1, 0.15) is 44.7 Å². The van der Waals surface area contributed by atoms with Crippen molar-refractivity contribution in [2.45, 2.75) is 25.7 Å². The van der Waals surface area contributed by atoms with E-state index in [4.69, 9.17) is 18.0 Å². The highest BCUT2D eigenvalue weighted by Crippen LogP contribution is 2.37. The van der Waals surface area contributed by atoms with Crippen LogP contribution < -0.4 is 16.4 Å². The maximum atomic E-state index is 12.5. The van der Waals surface area contributed by atoms with E-state index in [-0.39, 0.29) is 11.6 Å². The highest BCUT2D eigenvalue weighted by atomic mass is 32.1. The number of rotatable bonds is 5. The van der Waals surface area contributed by atoms with E-state index in [0.29, 0.717) is 23.6 Å². The zero-order valence-electron chi connectivity index (χ0n) is 28.3. The molecule has 2 aliphatic carbocycles. The van der Waals surface area contributed by atoms with Gasteiger partial charge in [-0.3, -0.25) is 9.59 Å². The molecule has 0 unspecified atom stereocenters. The van der Waals surface area contributed by atoms with E-state index in [9.17, 15) is 9.59 Å². The molecule has 0 saturated carbocycles. The topological polar surface area (TPSA) is 96.6 Å². The standard InChI is InChI=1S/C22H18N2OS.C15H13NO.C7H5NS/c25-20-14-12-18-17(15-7-3-1-4-8-15)11-13-19(21(18)20)24-22(26)23-16-9-5-2-6-10-16;16-13-8-6-11(10-4-2-1-3-5-10)12-7-9-14(17)15(12)13;9-6-8-7-4-2-1-3-5-7/h1-11,13H,12,14H2,(H2,23,24,26);1-6,8H,7,9,16H2;1-5H. The number of isothiocyanates is 1. The number of hydrogen-bond acceptors (Lipinski definition) is 6. The highest BCUT2D eigenvalue weighted by molar-refractivity contribution is 7.80. The summed E-state index contributed by atoms with van der Waals surface area (Å²) in [5, 5.41) is 9.12. The predicted molar refractivity (Wildman–Crippen MR) is 221 cm³/mol. The molecule has 0 amide bonds. The maximum Gasteiger partial charge on any atom is 0.175 e. The second kappa shape index (κ2) is 17.2. The van der Waals surface area contributed by atoms with Gasteiger partial charge in [0, 0.05) is 35.3 Å². The first-order valence-electron chi connectivity index (χ1n) is 16.9. The Morgan fingerprint density at radius 2 is 1.06 bits per heavy atom. The summed E-state index contributed by atoms with van der Waals surface area (Å²) in [6.07, 6.45) is 2.71. The summed E-state index contributed by atoms with van der Waals surface area (Å²) in [6, 6.07) is 47.4. The number of ketones is 2. The van der Waals surface area contributed by atoms with E-state index >= 15 is 0 Å². The highest BCUT2D eigenvalue weighted by Gasteiger charge is 2.27. The second-order valence-electron chi connectivity index (χ2n) is 12.1. The SMILES string of the molecule is Nc1ccc(-c2ccccc2)c2c1C(=O)CC2.O=C1CCc2c(-c3ccccc3)ccc(NC(=S)Nc3ccccc3)c21.S=C=Nc1ccccc1. The van der Waals surface area contributed by atoms with Gasteiger partial charge in [0.15, 0.2) is 16.7 Å². The number of hydrogen-bond donors (Lipinski definition) is 3. The number of benzene rings is 6. The van der Waals surface area contributed by atoms with E-state index in [1.54, 1.807) is 0 Å². The number of thiocarbonyl (C=S) groups is 2. The molecule has 256 valence electrons. The predicted octanol–water partition coefficient (Wildman–Crippen LogP) is 10.8. The summed E-state index contributed by atoms with van der Waals surface area (Å²) >= 11 is 9.84. The number of anilines is 3. The fourth-order valence-corrected chi connectivity index (χ4v) is 6.78. The van der Waals surface area contributed by atoms with Gasteiger partial charge in [-0.1, -0.05) is 109 Å². The lowest BCUT2D eigenvalue weighted by molar-refractivity contribution is 0.0987. The van der Waals surface area contributed by atoms with Crippen molar-refractivity contribution >= 4 is 69.0 Å². The zero-order chi connectivity index (χ0) is 36.3. The van der Waals surface area contributed by atoms with Crippen LogP contribution in [0.2, 0.25) is 0 Å². The van der Waals surface area contributed by atoms with Crippen molar-refractivity contribution in [1.82, 2.24) is 0 Å². The van der Waals surface area contributed by atoms with Crippen molar-refractivity contribution in [2.24, 2.45) is 4.99 Å².